The Kier molecular flexibility index (Phi) is 11.0. The number of rotatable bonds is 6. The zero-order valence-electron chi connectivity index (χ0n) is 47.2. The van der Waals surface area contributed by atoms with Crippen molar-refractivity contribution in [1.82, 2.24) is 0 Å². The molecule has 8 aromatic carbocycles. The monoisotopic (exact) mass is 982 g/mol. The van der Waals surface area contributed by atoms with Gasteiger partial charge >= 0.3 is 0 Å². The Bertz CT molecular complexity index is 3510. The summed E-state index contributed by atoms with van der Waals surface area (Å²) < 4.78 is 0. The highest BCUT2D eigenvalue weighted by molar-refractivity contribution is 7.00. The number of hydrogen-bond acceptors (Lipinski definition) is 3. The van der Waals surface area contributed by atoms with Crippen molar-refractivity contribution in [3.63, 3.8) is 0 Å². The summed E-state index contributed by atoms with van der Waals surface area (Å²) in [6.45, 7) is 33.8. The Morgan fingerprint density at radius 2 is 0.893 bits per heavy atom. The molecule has 0 amide bonds. The molecule has 8 aromatic rings. The maximum Gasteiger partial charge on any atom is 0.252 e. The molecule has 75 heavy (non-hydrogen) atoms. The zero-order valence-corrected chi connectivity index (χ0v) is 47.2. The van der Waals surface area contributed by atoms with E-state index in [0.29, 0.717) is 0 Å². The Hall–Kier alpha value is -6.78. The highest BCUT2D eigenvalue weighted by Gasteiger charge is 2.49. The van der Waals surface area contributed by atoms with E-state index < -0.39 is 0 Å². The van der Waals surface area contributed by atoms with Crippen LogP contribution in [0.5, 0.6) is 0 Å². The molecule has 0 spiro atoms. The average Bonchev–Trinajstić information content (AvgIpc) is 3.60. The molecule has 0 radical (unpaired) electrons. The Balaban J connectivity index is 1.27. The van der Waals surface area contributed by atoms with Gasteiger partial charge in [0.05, 0.1) is 11.4 Å². The maximum atomic E-state index is 2.71. The highest BCUT2D eigenvalue weighted by atomic mass is 15.2. The lowest BCUT2D eigenvalue weighted by Crippen LogP contribution is -2.62. The van der Waals surface area contributed by atoms with Crippen molar-refractivity contribution in [2.24, 2.45) is 0 Å². The molecule has 2 aliphatic heterocycles. The Morgan fingerprint density at radius 3 is 1.48 bits per heavy atom. The summed E-state index contributed by atoms with van der Waals surface area (Å²) in [5, 5.41) is 0. The second kappa shape index (κ2) is 16.9. The SMILES string of the molecule is CC(C)(C)c1ccc2c(c1)B1c3cc4c(cc3N(c3ccc5c(c3)C(C)(C)CC5(C)C)c3cc(N(c5ccccc5)c5ccccc5)cc(c31)N2c1ccc(C(C)(C)C)cc1-c1ccccc1)C(C)(C)CCC4(C)C. The third kappa shape index (κ3) is 7.99. The first-order valence-corrected chi connectivity index (χ1v) is 27.8. The topological polar surface area (TPSA) is 9.72 Å². The normalized spacial score (nSPS) is 17.4. The zero-order chi connectivity index (χ0) is 52.8. The summed E-state index contributed by atoms with van der Waals surface area (Å²) in [6, 6.07) is 65.8. The lowest BCUT2D eigenvalue weighted by atomic mass is 9.33. The molecule has 0 fully saturated rings. The first kappa shape index (κ1) is 49.1. The van der Waals surface area contributed by atoms with Gasteiger partial charge in [-0.25, -0.2) is 0 Å². The van der Waals surface area contributed by atoms with Crippen LogP contribution in [0.3, 0.4) is 0 Å². The van der Waals surface area contributed by atoms with Gasteiger partial charge < -0.3 is 14.7 Å². The van der Waals surface area contributed by atoms with Crippen molar-refractivity contribution in [2.75, 3.05) is 14.7 Å². The van der Waals surface area contributed by atoms with Crippen LogP contribution in [0.4, 0.5) is 51.2 Å². The average molecular weight is 982 g/mol. The number of anilines is 9. The molecule has 0 atom stereocenters. The van der Waals surface area contributed by atoms with Gasteiger partial charge in [0, 0.05) is 45.4 Å². The number of nitrogens with zero attached hydrogens (tertiary/aromatic N) is 3. The number of fused-ring (bicyclic) bond motifs is 6. The van der Waals surface area contributed by atoms with E-state index in [2.05, 4.69) is 281 Å². The maximum absolute atomic E-state index is 2.71. The van der Waals surface area contributed by atoms with Crippen LogP contribution < -0.4 is 31.1 Å². The van der Waals surface area contributed by atoms with Gasteiger partial charge in [0.15, 0.2) is 0 Å². The van der Waals surface area contributed by atoms with Crippen molar-refractivity contribution >= 4 is 74.3 Å². The van der Waals surface area contributed by atoms with Crippen LogP contribution in [0.15, 0.2) is 170 Å². The quantitative estimate of drug-likeness (QED) is 0.154. The predicted octanol–water partition coefficient (Wildman–Crippen LogP) is 17.8. The first-order chi connectivity index (χ1) is 35.4. The van der Waals surface area contributed by atoms with Crippen LogP contribution in [-0.2, 0) is 32.5 Å². The fourth-order valence-electron chi connectivity index (χ4n) is 13.9. The molecular weight excluding hydrogens is 906 g/mol. The minimum atomic E-state index is -0.0708. The molecule has 3 nitrogen and oxygen atoms in total. The lowest BCUT2D eigenvalue weighted by Gasteiger charge is -2.48. The van der Waals surface area contributed by atoms with E-state index in [-0.39, 0.29) is 39.2 Å². The summed E-state index contributed by atoms with van der Waals surface area (Å²) >= 11 is 0. The molecule has 0 N–H and O–H groups in total. The van der Waals surface area contributed by atoms with Crippen LogP contribution in [0, 0.1) is 0 Å². The molecule has 4 heteroatoms. The summed E-state index contributed by atoms with van der Waals surface area (Å²) in [5.74, 6) is 0. The number of benzene rings is 8. The van der Waals surface area contributed by atoms with Crippen molar-refractivity contribution < 1.29 is 0 Å². The lowest BCUT2D eigenvalue weighted by molar-refractivity contribution is 0.332. The largest absolute Gasteiger partial charge is 0.311 e. The standard InChI is InChI=1S/C71H76BN3/c1-66(2,3)47-30-34-60(53(38-47)46-24-18-15-19-25-46)75-61-35-31-48(67(4,5)6)39-58(61)72-59-43-56-57(69(9,10)37-36-68(56,7)8)44-62(59)74(51-32-33-54-55(40-51)71(13,14)45-70(54,11)12)63-41-52(42-64(75)65(63)72)73(49-26-20-16-21-27-49)50-28-22-17-23-29-50/h15-35,38-44H,36-37,45H2,1-14H3. The third-order valence-electron chi connectivity index (χ3n) is 18.0. The van der Waals surface area contributed by atoms with Crippen molar-refractivity contribution in [3.05, 3.63) is 203 Å². The second-order valence-corrected chi connectivity index (χ2v) is 27.3. The van der Waals surface area contributed by atoms with Crippen molar-refractivity contribution in [3.8, 4) is 11.1 Å². The van der Waals surface area contributed by atoms with Crippen molar-refractivity contribution in [2.45, 2.75) is 149 Å². The molecule has 4 aliphatic rings. The molecule has 0 unspecified atom stereocenters. The van der Waals surface area contributed by atoms with Gasteiger partial charge in [0.2, 0.25) is 0 Å². The molecule has 12 rings (SSSR count). The number of hydrogen-bond donors (Lipinski definition) is 0. The van der Waals surface area contributed by atoms with E-state index >= 15 is 0 Å². The van der Waals surface area contributed by atoms with Gasteiger partial charge in [0.1, 0.15) is 0 Å². The fourth-order valence-corrected chi connectivity index (χ4v) is 13.9. The van der Waals surface area contributed by atoms with Crippen LogP contribution >= 0.6 is 0 Å². The van der Waals surface area contributed by atoms with Crippen LogP contribution in [0.1, 0.15) is 150 Å². The van der Waals surface area contributed by atoms with Crippen LogP contribution in [0.2, 0.25) is 0 Å². The molecule has 2 heterocycles. The van der Waals surface area contributed by atoms with Crippen molar-refractivity contribution in [1.29, 1.82) is 0 Å². The molecule has 378 valence electrons. The first-order valence-electron chi connectivity index (χ1n) is 27.8. The second-order valence-electron chi connectivity index (χ2n) is 27.3. The van der Waals surface area contributed by atoms with Gasteiger partial charge in [-0.2, -0.15) is 0 Å². The van der Waals surface area contributed by atoms with E-state index in [4.69, 9.17) is 0 Å². The van der Waals surface area contributed by atoms with Gasteiger partial charge in [-0.15, -0.1) is 0 Å². The summed E-state index contributed by atoms with van der Waals surface area (Å²) in [4.78, 5) is 7.84. The number of para-hydroxylation sites is 2. The minimum Gasteiger partial charge on any atom is -0.311 e. The molecular formula is C71H76BN3. The van der Waals surface area contributed by atoms with Gasteiger partial charge in [-0.3, -0.25) is 0 Å². The van der Waals surface area contributed by atoms with Gasteiger partial charge in [-0.05, 0) is 180 Å². The van der Waals surface area contributed by atoms with Gasteiger partial charge in [0.25, 0.3) is 6.71 Å². The molecule has 0 saturated carbocycles. The molecule has 0 saturated heterocycles. The summed E-state index contributed by atoms with van der Waals surface area (Å²) in [7, 11) is 0. The van der Waals surface area contributed by atoms with E-state index in [0.717, 1.165) is 36.3 Å². The molecule has 0 aromatic heterocycles. The van der Waals surface area contributed by atoms with E-state index in [1.807, 2.05) is 0 Å². The fraction of sp³-hybridized carbons (Fsp3) is 0.324. The van der Waals surface area contributed by atoms with E-state index in [9.17, 15) is 0 Å². The predicted molar refractivity (Wildman–Crippen MR) is 324 cm³/mol. The summed E-state index contributed by atoms with van der Waals surface area (Å²) in [5.41, 5.74) is 25.8. The smallest absolute Gasteiger partial charge is 0.252 e. The Morgan fingerprint density at radius 1 is 0.400 bits per heavy atom. The van der Waals surface area contributed by atoms with Gasteiger partial charge in [-0.1, -0.05) is 194 Å². The molecule has 0 bridgehead atoms. The van der Waals surface area contributed by atoms with Crippen LogP contribution in [-0.4, -0.2) is 6.71 Å². The van der Waals surface area contributed by atoms with E-state index in [1.165, 1.54) is 95.0 Å². The highest BCUT2D eigenvalue weighted by Crippen LogP contribution is 2.55. The third-order valence-corrected chi connectivity index (χ3v) is 18.0. The van der Waals surface area contributed by atoms with Crippen LogP contribution in [0.25, 0.3) is 11.1 Å². The molecule has 2 aliphatic carbocycles. The minimum absolute atomic E-state index is 0.00788. The summed E-state index contributed by atoms with van der Waals surface area (Å²) in [6.07, 6.45) is 3.42. The van der Waals surface area contributed by atoms with E-state index in [1.54, 1.807) is 0 Å². The Labute approximate surface area is 449 Å².